The zero-order valence-electron chi connectivity index (χ0n) is 14.7. The molecule has 0 radical (unpaired) electrons. The molecule has 0 spiro atoms. The quantitative estimate of drug-likeness (QED) is 0.496. The molecular formula is C18H15FN6O3. The SMILES string of the molecule is COc1ccc(NC(=O)c2cc(Oc3cncc(F)c3)cnc2/N=C\N)nc1. The van der Waals surface area contributed by atoms with E-state index in [0.717, 1.165) is 18.6 Å². The molecule has 142 valence electrons. The highest BCUT2D eigenvalue weighted by Crippen LogP contribution is 2.26. The summed E-state index contributed by atoms with van der Waals surface area (Å²) in [5.74, 6) is 0.183. The third kappa shape index (κ3) is 4.55. The van der Waals surface area contributed by atoms with Crippen molar-refractivity contribution in [1.82, 2.24) is 15.0 Å². The highest BCUT2D eigenvalue weighted by molar-refractivity contribution is 6.07. The van der Waals surface area contributed by atoms with Gasteiger partial charge in [-0.2, -0.15) is 0 Å². The van der Waals surface area contributed by atoms with Crippen LogP contribution < -0.4 is 20.5 Å². The predicted octanol–water partition coefficient (Wildman–Crippen LogP) is 2.68. The molecule has 10 heteroatoms. The second kappa shape index (κ2) is 8.54. The van der Waals surface area contributed by atoms with E-state index in [1.165, 1.54) is 31.8 Å². The van der Waals surface area contributed by atoms with Gasteiger partial charge in [0.25, 0.3) is 5.91 Å². The molecule has 0 bridgehead atoms. The number of hydrogen-bond acceptors (Lipinski definition) is 7. The zero-order chi connectivity index (χ0) is 19.9. The number of hydrogen-bond donors (Lipinski definition) is 2. The predicted molar refractivity (Wildman–Crippen MR) is 99.6 cm³/mol. The Morgan fingerprint density at radius 1 is 1.14 bits per heavy atom. The fourth-order valence-electron chi connectivity index (χ4n) is 2.18. The molecule has 0 fully saturated rings. The lowest BCUT2D eigenvalue weighted by Gasteiger charge is -2.10. The summed E-state index contributed by atoms with van der Waals surface area (Å²) in [7, 11) is 1.51. The average molecular weight is 382 g/mol. The first-order valence-electron chi connectivity index (χ1n) is 7.93. The van der Waals surface area contributed by atoms with Gasteiger partial charge in [-0.1, -0.05) is 0 Å². The van der Waals surface area contributed by atoms with Crippen molar-refractivity contribution >= 4 is 23.9 Å². The summed E-state index contributed by atoms with van der Waals surface area (Å²) >= 11 is 0. The molecule has 0 saturated carbocycles. The number of nitrogens with two attached hydrogens (primary N) is 1. The van der Waals surface area contributed by atoms with Crippen LogP contribution >= 0.6 is 0 Å². The minimum absolute atomic E-state index is 0.0817. The molecular weight excluding hydrogens is 367 g/mol. The standard InChI is InChI=1S/C18H15FN6O3/c1-27-12-2-3-16(22-8-12)25-18(26)15-5-14(9-23-17(15)24-10-20)28-13-4-11(19)6-21-7-13/h2-10H,1H3,(H2,20,23,24)(H,22,25,26). The van der Waals surface area contributed by atoms with Crippen molar-refractivity contribution in [3.8, 4) is 17.2 Å². The van der Waals surface area contributed by atoms with Gasteiger partial charge in [0.05, 0.1) is 43.8 Å². The van der Waals surface area contributed by atoms with Crippen LogP contribution in [0.3, 0.4) is 0 Å². The summed E-state index contributed by atoms with van der Waals surface area (Å²) in [6.45, 7) is 0. The van der Waals surface area contributed by atoms with Crippen LogP contribution in [0.15, 0.2) is 54.0 Å². The van der Waals surface area contributed by atoms with E-state index in [0.29, 0.717) is 11.6 Å². The van der Waals surface area contributed by atoms with Gasteiger partial charge < -0.3 is 20.5 Å². The van der Waals surface area contributed by atoms with E-state index < -0.39 is 11.7 Å². The van der Waals surface area contributed by atoms with Gasteiger partial charge >= 0.3 is 0 Å². The Morgan fingerprint density at radius 3 is 2.61 bits per heavy atom. The van der Waals surface area contributed by atoms with E-state index in [-0.39, 0.29) is 22.9 Å². The van der Waals surface area contributed by atoms with Crippen LogP contribution in [0, 0.1) is 5.82 Å². The summed E-state index contributed by atoms with van der Waals surface area (Å²) in [6.07, 6.45) is 6.18. The number of nitrogens with one attached hydrogen (secondary N) is 1. The average Bonchev–Trinajstić information content (AvgIpc) is 2.70. The maximum absolute atomic E-state index is 13.3. The summed E-state index contributed by atoms with van der Waals surface area (Å²) in [4.78, 5) is 28.4. The normalized spacial score (nSPS) is 10.6. The van der Waals surface area contributed by atoms with E-state index in [2.05, 4.69) is 25.3 Å². The van der Waals surface area contributed by atoms with Crippen molar-refractivity contribution in [3.63, 3.8) is 0 Å². The van der Waals surface area contributed by atoms with Crippen molar-refractivity contribution in [2.45, 2.75) is 0 Å². The van der Waals surface area contributed by atoms with E-state index >= 15 is 0 Å². The van der Waals surface area contributed by atoms with Crippen molar-refractivity contribution in [2.24, 2.45) is 10.7 Å². The van der Waals surface area contributed by atoms with E-state index in [1.54, 1.807) is 12.1 Å². The number of anilines is 1. The van der Waals surface area contributed by atoms with Crippen molar-refractivity contribution < 1.29 is 18.7 Å². The third-order valence-corrected chi connectivity index (χ3v) is 3.41. The minimum atomic E-state index is -0.557. The Kier molecular flexibility index (Phi) is 5.70. The highest BCUT2D eigenvalue weighted by Gasteiger charge is 2.15. The maximum atomic E-state index is 13.3. The molecule has 0 unspecified atom stereocenters. The second-order valence-corrected chi connectivity index (χ2v) is 5.30. The third-order valence-electron chi connectivity index (χ3n) is 3.41. The van der Waals surface area contributed by atoms with E-state index in [9.17, 15) is 9.18 Å². The lowest BCUT2D eigenvalue weighted by molar-refractivity contribution is 0.102. The van der Waals surface area contributed by atoms with Crippen LogP contribution in [-0.4, -0.2) is 34.3 Å². The number of aliphatic imine (C=N–C) groups is 1. The monoisotopic (exact) mass is 382 g/mol. The summed E-state index contributed by atoms with van der Waals surface area (Å²) in [6, 6.07) is 5.78. The van der Waals surface area contributed by atoms with Crippen molar-refractivity contribution in [1.29, 1.82) is 0 Å². The number of amides is 1. The Hall–Kier alpha value is -4.08. The Labute approximate surface area is 159 Å². The van der Waals surface area contributed by atoms with Gasteiger partial charge in [-0.3, -0.25) is 9.78 Å². The molecule has 0 saturated heterocycles. The Bertz CT molecular complexity index is 1010. The van der Waals surface area contributed by atoms with Gasteiger partial charge in [0.2, 0.25) is 0 Å². The number of carbonyl (C=O) groups is 1. The molecule has 28 heavy (non-hydrogen) atoms. The Balaban J connectivity index is 1.86. The summed E-state index contributed by atoms with van der Waals surface area (Å²) in [5, 5.41) is 2.62. The minimum Gasteiger partial charge on any atom is -0.495 e. The van der Waals surface area contributed by atoms with Gasteiger partial charge in [0, 0.05) is 6.07 Å². The molecule has 3 N–H and O–H groups in total. The fourth-order valence-corrected chi connectivity index (χ4v) is 2.18. The largest absolute Gasteiger partial charge is 0.495 e. The van der Waals surface area contributed by atoms with E-state index in [1.807, 2.05) is 0 Å². The molecule has 3 aromatic heterocycles. The summed E-state index contributed by atoms with van der Waals surface area (Å²) < 4.78 is 23.8. The topological polar surface area (TPSA) is 125 Å². The molecule has 3 rings (SSSR count). The molecule has 9 nitrogen and oxygen atoms in total. The number of pyridine rings is 3. The molecule has 3 heterocycles. The van der Waals surface area contributed by atoms with Gasteiger partial charge in [-0.15, -0.1) is 0 Å². The Morgan fingerprint density at radius 2 is 1.93 bits per heavy atom. The number of carbonyl (C=O) groups excluding carboxylic acids is 1. The smallest absolute Gasteiger partial charge is 0.260 e. The van der Waals surface area contributed by atoms with E-state index in [4.69, 9.17) is 15.2 Å². The first-order chi connectivity index (χ1) is 13.6. The van der Waals surface area contributed by atoms with Gasteiger partial charge in [-0.25, -0.2) is 19.4 Å². The van der Waals surface area contributed by atoms with Crippen molar-refractivity contribution in [2.75, 3.05) is 12.4 Å². The van der Waals surface area contributed by atoms with Crippen LogP contribution in [0.2, 0.25) is 0 Å². The van der Waals surface area contributed by atoms with Gasteiger partial charge in [-0.05, 0) is 18.2 Å². The van der Waals surface area contributed by atoms with Crippen molar-refractivity contribution in [3.05, 3.63) is 60.4 Å². The van der Waals surface area contributed by atoms with Crippen LogP contribution in [0.1, 0.15) is 10.4 Å². The van der Waals surface area contributed by atoms with Gasteiger partial charge in [0.15, 0.2) is 5.82 Å². The highest BCUT2D eigenvalue weighted by atomic mass is 19.1. The molecule has 0 aliphatic heterocycles. The first kappa shape index (κ1) is 18.7. The number of ether oxygens (including phenoxy) is 2. The lowest BCUT2D eigenvalue weighted by atomic mass is 10.2. The molecule has 0 atom stereocenters. The van der Waals surface area contributed by atoms with Crippen LogP contribution in [-0.2, 0) is 0 Å². The summed E-state index contributed by atoms with van der Waals surface area (Å²) in [5.41, 5.74) is 5.41. The second-order valence-electron chi connectivity index (χ2n) is 5.30. The first-order valence-corrected chi connectivity index (χ1v) is 7.93. The number of methoxy groups -OCH3 is 1. The number of nitrogens with zero attached hydrogens (tertiary/aromatic N) is 4. The fraction of sp³-hybridized carbons (Fsp3) is 0.0556. The molecule has 3 aromatic rings. The maximum Gasteiger partial charge on any atom is 0.260 e. The zero-order valence-corrected chi connectivity index (χ0v) is 14.7. The van der Waals surface area contributed by atoms with Crippen LogP contribution in [0.5, 0.6) is 17.2 Å². The molecule has 0 aliphatic carbocycles. The number of aromatic nitrogens is 3. The molecule has 0 aromatic carbocycles. The van der Waals surface area contributed by atoms with Crippen LogP contribution in [0.25, 0.3) is 0 Å². The number of rotatable bonds is 6. The lowest BCUT2D eigenvalue weighted by Crippen LogP contribution is -2.14. The number of halogens is 1. The molecule has 1 amide bonds. The van der Waals surface area contributed by atoms with Gasteiger partial charge in [0.1, 0.15) is 28.9 Å². The molecule has 0 aliphatic rings. The van der Waals surface area contributed by atoms with Crippen LogP contribution in [0.4, 0.5) is 16.0 Å².